The lowest BCUT2D eigenvalue weighted by atomic mass is 10.1. The molecule has 2 heterocycles. The van der Waals surface area contributed by atoms with Gasteiger partial charge in [-0.05, 0) is 12.5 Å². The van der Waals surface area contributed by atoms with Crippen molar-refractivity contribution in [3.8, 4) is 5.88 Å². The van der Waals surface area contributed by atoms with Gasteiger partial charge in [0.15, 0.2) is 0 Å². The zero-order chi connectivity index (χ0) is 13.0. The first-order valence-corrected chi connectivity index (χ1v) is 6.47. The van der Waals surface area contributed by atoms with Crippen LogP contribution in [0.2, 0.25) is 0 Å². The molecule has 0 aliphatic carbocycles. The Hall–Kier alpha value is -1.75. The number of rotatable bonds is 5. The van der Waals surface area contributed by atoms with Gasteiger partial charge in [0.05, 0.1) is 13.5 Å². The van der Waals surface area contributed by atoms with Crippen LogP contribution in [0.1, 0.15) is 16.3 Å². The van der Waals surface area contributed by atoms with Crippen LogP contribution in [0.5, 0.6) is 5.88 Å². The van der Waals surface area contributed by atoms with Crippen LogP contribution in [-0.4, -0.2) is 22.9 Å². The van der Waals surface area contributed by atoms with Crippen LogP contribution in [-0.2, 0) is 17.6 Å². The van der Waals surface area contributed by atoms with E-state index in [4.69, 9.17) is 4.74 Å². The van der Waals surface area contributed by atoms with Crippen LogP contribution in [0.4, 0.5) is 0 Å². The molecule has 5 heteroatoms. The molecule has 0 saturated carbocycles. The van der Waals surface area contributed by atoms with Gasteiger partial charge in [0.2, 0.25) is 5.88 Å². The summed E-state index contributed by atoms with van der Waals surface area (Å²) in [7, 11) is 1.57. The summed E-state index contributed by atoms with van der Waals surface area (Å²) in [6, 6.07) is 3.62. The predicted octanol–water partition coefficient (Wildman–Crippen LogP) is 2.21. The number of pyridine rings is 1. The van der Waals surface area contributed by atoms with Gasteiger partial charge in [-0.3, -0.25) is 4.79 Å². The number of ether oxygens (including phenoxy) is 1. The molecule has 0 radical (unpaired) electrons. The Bertz CT molecular complexity index is 534. The summed E-state index contributed by atoms with van der Waals surface area (Å²) >= 11 is 1.53. The largest absolute Gasteiger partial charge is 0.481 e. The summed E-state index contributed by atoms with van der Waals surface area (Å²) in [6.45, 7) is 1.93. The van der Waals surface area contributed by atoms with Crippen LogP contribution < -0.4 is 4.74 Å². The van der Waals surface area contributed by atoms with E-state index in [0.717, 1.165) is 16.3 Å². The molecule has 0 saturated heterocycles. The maximum absolute atomic E-state index is 11.9. The van der Waals surface area contributed by atoms with E-state index < -0.39 is 0 Å². The number of aryl methyl sites for hydroxylation is 1. The molecule has 0 bridgehead atoms. The molecule has 0 atom stereocenters. The quantitative estimate of drug-likeness (QED) is 0.829. The molecule has 0 aromatic carbocycles. The third-order valence-corrected chi connectivity index (χ3v) is 3.39. The van der Waals surface area contributed by atoms with E-state index in [1.165, 1.54) is 11.3 Å². The van der Waals surface area contributed by atoms with Crippen molar-refractivity contribution in [1.82, 2.24) is 9.97 Å². The van der Waals surface area contributed by atoms with E-state index in [1.807, 2.05) is 18.4 Å². The second kappa shape index (κ2) is 5.73. The number of methoxy groups -OCH3 is 1. The Morgan fingerprint density at radius 2 is 2.22 bits per heavy atom. The molecule has 94 valence electrons. The van der Waals surface area contributed by atoms with Crippen molar-refractivity contribution in [2.75, 3.05) is 7.11 Å². The Labute approximate surface area is 110 Å². The van der Waals surface area contributed by atoms with Crippen molar-refractivity contribution in [3.05, 3.63) is 40.0 Å². The average molecular weight is 262 g/mol. The Balaban J connectivity index is 1.94. The lowest BCUT2D eigenvalue weighted by molar-refractivity contribution is -0.117. The number of nitrogens with zero attached hydrogens (tertiary/aromatic N) is 2. The van der Waals surface area contributed by atoms with Crippen LogP contribution in [0, 0.1) is 6.92 Å². The fraction of sp³-hybridized carbons (Fsp3) is 0.308. The van der Waals surface area contributed by atoms with Crippen molar-refractivity contribution in [2.24, 2.45) is 0 Å². The highest BCUT2D eigenvalue weighted by Crippen LogP contribution is 2.12. The van der Waals surface area contributed by atoms with Crippen LogP contribution in [0.15, 0.2) is 23.7 Å². The van der Waals surface area contributed by atoms with Crippen LogP contribution >= 0.6 is 11.3 Å². The van der Waals surface area contributed by atoms with Gasteiger partial charge in [0, 0.05) is 29.8 Å². The minimum atomic E-state index is 0.149. The number of aromatic nitrogens is 2. The zero-order valence-corrected chi connectivity index (χ0v) is 11.2. The summed E-state index contributed by atoms with van der Waals surface area (Å²) in [4.78, 5) is 20.2. The number of carbonyl (C=O) groups excluding carboxylic acids is 1. The lowest BCUT2D eigenvalue weighted by Gasteiger charge is -2.01. The number of thiazole rings is 1. The SMILES string of the molecule is COc1ccc(CC(=O)Cc2nc(C)cs2)cn1. The number of hydrogen-bond acceptors (Lipinski definition) is 5. The monoisotopic (exact) mass is 262 g/mol. The molecule has 2 rings (SSSR count). The Kier molecular flexibility index (Phi) is 4.04. The highest BCUT2D eigenvalue weighted by atomic mass is 32.1. The van der Waals surface area contributed by atoms with Crippen LogP contribution in [0.3, 0.4) is 0 Å². The number of carbonyl (C=O) groups is 1. The molecule has 4 nitrogen and oxygen atoms in total. The van der Waals surface area contributed by atoms with Gasteiger partial charge in [0.1, 0.15) is 10.8 Å². The first kappa shape index (κ1) is 12.7. The van der Waals surface area contributed by atoms with Crippen molar-refractivity contribution in [3.63, 3.8) is 0 Å². The summed E-state index contributed by atoms with van der Waals surface area (Å²) in [5, 5.41) is 2.83. The summed E-state index contributed by atoms with van der Waals surface area (Å²) < 4.78 is 4.97. The van der Waals surface area contributed by atoms with Crippen molar-refractivity contribution >= 4 is 17.1 Å². The number of ketones is 1. The van der Waals surface area contributed by atoms with Gasteiger partial charge in [-0.25, -0.2) is 9.97 Å². The molecule has 2 aromatic rings. The Morgan fingerprint density at radius 3 is 2.78 bits per heavy atom. The van der Waals surface area contributed by atoms with Crippen molar-refractivity contribution in [1.29, 1.82) is 0 Å². The zero-order valence-electron chi connectivity index (χ0n) is 10.3. The molecule has 0 unspecified atom stereocenters. The van der Waals surface area contributed by atoms with Gasteiger partial charge in [-0.15, -0.1) is 11.3 Å². The smallest absolute Gasteiger partial charge is 0.212 e. The van der Waals surface area contributed by atoms with Crippen molar-refractivity contribution < 1.29 is 9.53 Å². The number of Topliss-reactive ketones (excluding diaryl/α,β-unsaturated/α-hetero) is 1. The second-order valence-corrected chi connectivity index (χ2v) is 4.93. The van der Waals surface area contributed by atoms with Gasteiger partial charge < -0.3 is 4.74 Å². The fourth-order valence-electron chi connectivity index (χ4n) is 1.58. The Morgan fingerprint density at radius 1 is 1.39 bits per heavy atom. The van der Waals surface area contributed by atoms with E-state index in [2.05, 4.69) is 9.97 Å². The van der Waals surface area contributed by atoms with Gasteiger partial charge in [0.25, 0.3) is 0 Å². The first-order valence-electron chi connectivity index (χ1n) is 5.59. The molecular formula is C13H14N2O2S. The normalized spacial score (nSPS) is 10.3. The molecule has 0 aliphatic rings. The van der Waals surface area contributed by atoms with E-state index in [-0.39, 0.29) is 5.78 Å². The van der Waals surface area contributed by atoms with Crippen LogP contribution in [0.25, 0.3) is 0 Å². The molecular weight excluding hydrogens is 248 g/mol. The maximum Gasteiger partial charge on any atom is 0.212 e. The molecule has 0 aliphatic heterocycles. The van der Waals surface area contributed by atoms with Gasteiger partial charge in [-0.2, -0.15) is 0 Å². The van der Waals surface area contributed by atoms with E-state index in [1.54, 1.807) is 19.4 Å². The van der Waals surface area contributed by atoms with E-state index >= 15 is 0 Å². The molecule has 2 aromatic heterocycles. The minimum absolute atomic E-state index is 0.149. The summed E-state index contributed by atoms with van der Waals surface area (Å²) in [6.07, 6.45) is 2.45. The highest BCUT2D eigenvalue weighted by Gasteiger charge is 2.08. The number of hydrogen-bond donors (Lipinski definition) is 0. The summed E-state index contributed by atoms with van der Waals surface area (Å²) in [5.74, 6) is 0.707. The first-order chi connectivity index (χ1) is 8.67. The maximum atomic E-state index is 11.9. The minimum Gasteiger partial charge on any atom is -0.481 e. The highest BCUT2D eigenvalue weighted by molar-refractivity contribution is 7.09. The predicted molar refractivity (Wildman–Crippen MR) is 70.1 cm³/mol. The second-order valence-electron chi connectivity index (χ2n) is 3.98. The standard InChI is InChI=1S/C13H14N2O2S/c1-9-8-18-13(15-9)6-11(16)5-10-3-4-12(17-2)14-7-10/h3-4,7-8H,5-6H2,1-2H3. The third kappa shape index (κ3) is 3.37. The van der Waals surface area contributed by atoms with Gasteiger partial charge in [-0.1, -0.05) is 6.07 Å². The molecule has 0 N–H and O–H groups in total. The molecule has 0 amide bonds. The molecule has 18 heavy (non-hydrogen) atoms. The average Bonchev–Trinajstić information content (AvgIpc) is 2.75. The molecule has 0 spiro atoms. The van der Waals surface area contributed by atoms with Crippen molar-refractivity contribution in [2.45, 2.75) is 19.8 Å². The lowest BCUT2D eigenvalue weighted by Crippen LogP contribution is -2.06. The third-order valence-electron chi connectivity index (χ3n) is 2.42. The van der Waals surface area contributed by atoms with E-state index in [0.29, 0.717) is 18.7 Å². The molecule has 0 fully saturated rings. The summed E-state index contributed by atoms with van der Waals surface area (Å²) in [5.41, 5.74) is 1.86. The van der Waals surface area contributed by atoms with E-state index in [9.17, 15) is 4.79 Å². The van der Waals surface area contributed by atoms with Gasteiger partial charge >= 0.3 is 0 Å². The fourth-order valence-corrected chi connectivity index (χ4v) is 2.38. The topological polar surface area (TPSA) is 52.1 Å².